The third-order valence-electron chi connectivity index (χ3n) is 15.0. The molecule has 1 aliphatic heterocycles. The molecule has 1 saturated heterocycles. The van der Waals surface area contributed by atoms with Crippen LogP contribution in [-0.4, -0.2) is 8.07 Å². The number of aryl methyl sites for hydroxylation is 4. The Morgan fingerprint density at radius 2 is 1.06 bits per heavy atom. The number of benzene rings is 5. The summed E-state index contributed by atoms with van der Waals surface area (Å²) < 4.78 is 3.38. The van der Waals surface area contributed by atoms with Crippen LogP contribution >= 0.6 is 0 Å². The number of hydrogen-bond acceptors (Lipinski definition) is 0. The topological polar surface area (TPSA) is 0 Å². The van der Waals surface area contributed by atoms with Crippen molar-refractivity contribution < 1.29 is 16.6 Å². The van der Waals surface area contributed by atoms with Crippen molar-refractivity contribution in [2.45, 2.75) is 102 Å². The average Bonchev–Trinajstić information content (AvgIpc) is 3.89. The molecule has 246 valence electrons. The second kappa shape index (κ2) is 10.5. The summed E-state index contributed by atoms with van der Waals surface area (Å²) in [6.45, 7) is 13.1. The zero-order valence-corrected chi connectivity index (χ0v) is 32.8. The number of unbranched alkanes of at least 4 members (excludes halogenated alkanes) is 2. The molecule has 5 aromatic carbocycles. The van der Waals surface area contributed by atoms with Gasteiger partial charge < -0.3 is 0 Å². The fourth-order valence-corrected chi connectivity index (χ4v) is 47.1. The zero-order valence-electron chi connectivity index (χ0n) is 30.2. The summed E-state index contributed by atoms with van der Waals surface area (Å²) in [5.41, 5.74) is 16.7. The summed E-state index contributed by atoms with van der Waals surface area (Å²) in [6.07, 6.45) is 15.7. The summed E-state index contributed by atoms with van der Waals surface area (Å²) in [5, 5.41) is 7.98. The molecule has 0 bridgehead atoms. The quantitative estimate of drug-likeness (QED) is 0.149. The second-order valence-corrected chi connectivity index (χ2v) is 29.8. The van der Waals surface area contributed by atoms with Crippen LogP contribution in [0.5, 0.6) is 0 Å². The van der Waals surface area contributed by atoms with Crippen LogP contribution in [0.3, 0.4) is 0 Å². The molecule has 1 heterocycles. The molecule has 0 aromatic heterocycles. The van der Waals surface area contributed by atoms with E-state index in [9.17, 15) is 0 Å². The summed E-state index contributed by atoms with van der Waals surface area (Å²) in [5.74, 6) is 0. The van der Waals surface area contributed by atoms with Crippen LogP contribution in [0.15, 0.2) is 90.0 Å². The van der Waals surface area contributed by atoms with Crippen molar-refractivity contribution in [3.05, 3.63) is 135 Å². The zero-order chi connectivity index (χ0) is 33.3. The predicted molar refractivity (Wildman–Crippen MR) is 210 cm³/mol. The van der Waals surface area contributed by atoms with Gasteiger partial charge in [-0.05, 0) is 0 Å². The Morgan fingerprint density at radius 3 is 1.53 bits per heavy atom. The van der Waals surface area contributed by atoms with Gasteiger partial charge in [0.05, 0.1) is 0 Å². The van der Waals surface area contributed by atoms with E-state index in [0.29, 0.717) is 0 Å². The molecule has 2 atom stereocenters. The molecule has 5 aromatic rings. The first-order chi connectivity index (χ1) is 23.9. The van der Waals surface area contributed by atoms with Gasteiger partial charge in [0.2, 0.25) is 0 Å². The van der Waals surface area contributed by atoms with Crippen LogP contribution in [0, 0.1) is 0 Å². The Balaban J connectivity index is 1.39. The van der Waals surface area contributed by atoms with Crippen molar-refractivity contribution >= 4 is 47.0 Å². The van der Waals surface area contributed by atoms with Crippen LogP contribution in [0.1, 0.15) is 97.9 Å². The van der Waals surface area contributed by atoms with Gasteiger partial charge in [-0.3, -0.25) is 0 Å². The van der Waals surface area contributed by atoms with Crippen LogP contribution in [0.25, 0.3) is 33.7 Å². The molecule has 0 amide bonds. The third-order valence-corrected chi connectivity index (χ3v) is 39.8. The predicted octanol–water partition coefficient (Wildman–Crippen LogP) is 11.8. The molecule has 49 heavy (non-hydrogen) atoms. The normalized spacial score (nSPS) is 26.5. The van der Waals surface area contributed by atoms with Crippen molar-refractivity contribution in [2.75, 3.05) is 0 Å². The van der Waals surface area contributed by atoms with Gasteiger partial charge in [0, 0.05) is 0 Å². The van der Waals surface area contributed by atoms with E-state index < -0.39 is 24.7 Å². The minimum atomic E-state index is -3.08. The van der Waals surface area contributed by atoms with E-state index in [1.165, 1.54) is 60.8 Å². The Kier molecular flexibility index (Phi) is 6.63. The van der Waals surface area contributed by atoms with E-state index in [2.05, 4.69) is 125 Å². The van der Waals surface area contributed by atoms with E-state index >= 15 is 0 Å². The molecule has 0 saturated carbocycles. The van der Waals surface area contributed by atoms with E-state index in [1.54, 1.807) is 82.4 Å². The van der Waals surface area contributed by atoms with Gasteiger partial charge in [-0.2, -0.15) is 0 Å². The van der Waals surface area contributed by atoms with Crippen molar-refractivity contribution in [3.8, 4) is 0 Å². The van der Waals surface area contributed by atoms with Gasteiger partial charge in [-0.1, -0.05) is 0 Å². The standard InChI is InChI=1S/C39H32Si.2C4H9.Ti/c1-23-19-32-30-13-7-9-25-15-17-27(36(25)30)21-34(32)38(23)40(3,29-11-5-4-6-12-29)39-24(2)20-33-31-14-8-10-26-16-18-28(37(26)31)22-35(33)39;2*1-3-4-2;/h4-14,19-22H,15-18H2,1-3H3;2*1,3-4H2,2H3;. The van der Waals surface area contributed by atoms with Gasteiger partial charge >= 0.3 is 300 Å². The SMILES string of the molecule is CCC[CH2][Ti]1([CH2]CCC)[C]2(C(C)=Cc3c2cc2c4c(cccc34)CC2)[Si](C)(c2ccccc2)[C]12C(C)=Cc1c2cc2c3c(cccc13)CC2. The van der Waals surface area contributed by atoms with Gasteiger partial charge in [0.25, 0.3) is 0 Å². The molecule has 2 unspecified atom stereocenters. The van der Waals surface area contributed by atoms with Gasteiger partial charge in [0.1, 0.15) is 0 Å². The maximum absolute atomic E-state index is 3.08. The first-order valence-electron chi connectivity index (χ1n) is 19.5. The molecule has 4 aliphatic carbocycles. The summed E-state index contributed by atoms with van der Waals surface area (Å²) in [6, 6.07) is 32.4. The maximum atomic E-state index is 2.92. The Hall–Kier alpha value is -2.97. The van der Waals surface area contributed by atoms with Crippen LogP contribution < -0.4 is 5.19 Å². The fraction of sp³-hybridized carbons (Fsp3) is 0.362. The Labute approximate surface area is 298 Å². The van der Waals surface area contributed by atoms with Crippen LogP contribution in [0.4, 0.5) is 0 Å². The molecule has 1 fully saturated rings. The molecule has 2 spiro atoms. The van der Waals surface area contributed by atoms with Crippen molar-refractivity contribution in [1.29, 1.82) is 0 Å². The van der Waals surface area contributed by atoms with E-state index in [0.717, 1.165) is 0 Å². The van der Waals surface area contributed by atoms with Gasteiger partial charge in [-0.15, -0.1) is 0 Å². The van der Waals surface area contributed by atoms with E-state index in [1.807, 2.05) is 0 Å². The number of allylic oxidation sites excluding steroid dienone is 2. The van der Waals surface area contributed by atoms with Crippen LogP contribution in [-0.2, 0) is 49.0 Å². The third kappa shape index (κ3) is 3.30. The second-order valence-electron chi connectivity index (χ2n) is 16.6. The average molecular weight is 691 g/mol. The molecular formula is C47H50SiTi. The fourth-order valence-electron chi connectivity index (χ4n) is 13.8. The first kappa shape index (κ1) is 30.8. The van der Waals surface area contributed by atoms with E-state index in [-0.39, 0.29) is 6.69 Å². The Bertz CT molecular complexity index is 2170. The summed E-state index contributed by atoms with van der Waals surface area (Å²) >= 11 is -3.08. The van der Waals surface area contributed by atoms with Crippen molar-refractivity contribution in [2.24, 2.45) is 0 Å². The first-order valence-corrected chi connectivity index (χ1v) is 25.8. The van der Waals surface area contributed by atoms with Gasteiger partial charge in [-0.25, -0.2) is 0 Å². The molecule has 10 rings (SSSR count). The molecular weight excluding hydrogens is 640 g/mol. The van der Waals surface area contributed by atoms with Crippen molar-refractivity contribution in [1.82, 2.24) is 0 Å². The molecule has 0 radical (unpaired) electrons. The van der Waals surface area contributed by atoms with E-state index in [4.69, 9.17) is 0 Å². The van der Waals surface area contributed by atoms with Crippen molar-refractivity contribution in [3.63, 3.8) is 0 Å². The molecule has 2 heteroatoms. The summed E-state index contributed by atoms with van der Waals surface area (Å²) in [7, 11) is -2.44. The molecule has 5 aliphatic rings. The molecule has 0 nitrogen and oxygen atoms in total. The molecule has 0 N–H and O–H groups in total. The Morgan fingerprint density at radius 1 is 0.592 bits per heavy atom. The number of fused-ring (bicyclic) bond motifs is 6. The van der Waals surface area contributed by atoms with Crippen LogP contribution in [0.2, 0.25) is 16.0 Å². The van der Waals surface area contributed by atoms with Gasteiger partial charge in [0.15, 0.2) is 0 Å². The number of hydrogen-bond donors (Lipinski definition) is 0. The monoisotopic (exact) mass is 690 g/mol. The summed E-state index contributed by atoms with van der Waals surface area (Å²) in [4.78, 5) is 0. The minimum absolute atomic E-state index is 0.213. The number of rotatable bonds is 7.